The number of imidazole rings is 1. The Morgan fingerprint density at radius 2 is 1.89 bits per heavy atom. The fourth-order valence-electron chi connectivity index (χ4n) is 1.97. The molecule has 2 N–H and O–H groups in total. The van der Waals surface area contributed by atoms with Crippen LogP contribution in [0.4, 0.5) is 5.82 Å². The molecule has 0 aliphatic carbocycles. The van der Waals surface area contributed by atoms with E-state index in [1.165, 1.54) is 0 Å². The van der Waals surface area contributed by atoms with E-state index >= 15 is 0 Å². The largest absolute Gasteiger partial charge is 0.382 e. The highest BCUT2D eigenvalue weighted by atomic mass is 15.3. The van der Waals surface area contributed by atoms with Gasteiger partial charge < -0.3 is 5.73 Å². The number of hydrogen-bond donors (Lipinski definition) is 1. The van der Waals surface area contributed by atoms with E-state index in [1.54, 1.807) is 10.7 Å². The zero-order valence-electron chi connectivity index (χ0n) is 10.6. The predicted octanol–water partition coefficient (Wildman–Crippen LogP) is 2.79. The number of aryl methyl sites for hydroxylation is 1. The molecule has 1 aromatic carbocycles. The maximum absolute atomic E-state index is 5.93. The molecule has 0 radical (unpaired) electrons. The van der Waals surface area contributed by atoms with Gasteiger partial charge in [-0.05, 0) is 18.6 Å². The first-order valence-corrected chi connectivity index (χ1v) is 6.08. The molecular weight excluding hydrogens is 236 g/mol. The first kappa shape index (κ1) is 11.5. The zero-order valence-corrected chi connectivity index (χ0v) is 10.6. The standard InChI is InChI=1S/C15H14N4/c1-11-14(16)19-15(18-11)13(9-10-17-19)8-7-12-5-3-2-4-6-12/h2-10H,16H2,1H3. The van der Waals surface area contributed by atoms with Gasteiger partial charge in [0.05, 0.1) is 5.69 Å². The smallest absolute Gasteiger partial charge is 0.163 e. The van der Waals surface area contributed by atoms with E-state index in [9.17, 15) is 0 Å². The quantitative estimate of drug-likeness (QED) is 0.760. The van der Waals surface area contributed by atoms with Crippen molar-refractivity contribution in [2.45, 2.75) is 6.92 Å². The van der Waals surface area contributed by atoms with E-state index in [-0.39, 0.29) is 0 Å². The Morgan fingerprint density at radius 1 is 1.11 bits per heavy atom. The average molecular weight is 250 g/mol. The van der Waals surface area contributed by atoms with Gasteiger partial charge in [0, 0.05) is 11.8 Å². The zero-order chi connectivity index (χ0) is 13.2. The van der Waals surface area contributed by atoms with E-state index < -0.39 is 0 Å². The van der Waals surface area contributed by atoms with Crippen LogP contribution < -0.4 is 5.73 Å². The molecule has 2 heterocycles. The molecule has 3 rings (SSSR count). The summed E-state index contributed by atoms with van der Waals surface area (Å²) in [6.07, 6.45) is 5.81. The number of fused-ring (bicyclic) bond motifs is 1. The van der Waals surface area contributed by atoms with Crippen LogP contribution >= 0.6 is 0 Å². The summed E-state index contributed by atoms with van der Waals surface area (Å²) in [4.78, 5) is 4.45. The molecule has 0 spiro atoms. The lowest BCUT2D eigenvalue weighted by Crippen LogP contribution is -1.98. The highest BCUT2D eigenvalue weighted by Crippen LogP contribution is 2.17. The van der Waals surface area contributed by atoms with Gasteiger partial charge >= 0.3 is 0 Å². The van der Waals surface area contributed by atoms with Gasteiger partial charge in [-0.3, -0.25) is 0 Å². The number of nitrogen functional groups attached to an aromatic ring is 1. The molecule has 0 saturated carbocycles. The van der Waals surface area contributed by atoms with Crippen LogP contribution in [0.15, 0.2) is 42.6 Å². The van der Waals surface area contributed by atoms with Crippen molar-refractivity contribution >= 4 is 23.6 Å². The average Bonchev–Trinajstić information content (AvgIpc) is 2.74. The van der Waals surface area contributed by atoms with Crippen molar-refractivity contribution in [3.8, 4) is 0 Å². The molecule has 0 saturated heterocycles. The van der Waals surface area contributed by atoms with Crippen molar-refractivity contribution in [2.24, 2.45) is 0 Å². The molecular formula is C15H14N4. The van der Waals surface area contributed by atoms with E-state index in [4.69, 9.17) is 5.73 Å². The molecule has 0 fully saturated rings. The van der Waals surface area contributed by atoms with Crippen LogP contribution in [0, 0.1) is 6.92 Å². The molecule has 0 aliphatic heterocycles. The number of nitrogens with two attached hydrogens (primary N) is 1. The van der Waals surface area contributed by atoms with Gasteiger partial charge in [0.2, 0.25) is 0 Å². The maximum atomic E-state index is 5.93. The van der Waals surface area contributed by atoms with Crippen LogP contribution in [0.3, 0.4) is 0 Å². The fourth-order valence-corrected chi connectivity index (χ4v) is 1.97. The van der Waals surface area contributed by atoms with Crippen LogP contribution in [0.25, 0.3) is 17.8 Å². The summed E-state index contributed by atoms with van der Waals surface area (Å²) in [6.45, 7) is 1.88. The molecule has 3 aromatic rings. The first-order chi connectivity index (χ1) is 9.25. The Morgan fingerprint density at radius 3 is 2.68 bits per heavy atom. The molecule has 4 nitrogen and oxygen atoms in total. The first-order valence-electron chi connectivity index (χ1n) is 6.08. The van der Waals surface area contributed by atoms with E-state index in [1.807, 2.05) is 37.3 Å². The molecule has 0 atom stereocenters. The lowest BCUT2D eigenvalue weighted by Gasteiger charge is -1.98. The Hall–Kier alpha value is -2.62. The SMILES string of the molecule is Cc1nc2c(C=Cc3ccccc3)ccnn2c1N. The van der Waals surface area contributed by atoms with Gasteiger partial charge in [0.25, 0.3) is 0 Å². The number of rotatable bonds is 2. The van der Waals surface area contributed by atoms with Crippen LogP contribution in [-0.2, 0) is 0 Å². The Bertz CT molecular complexity index is 741. The molecule has 0 amide bonds. The topological polar surface area (TPSA) is 56.2 Å². The van der Waals surface area contributed by atoms with E-state index in [0.29, 0.717) is 5.82 Å². The van der Waals surface area contributed by atoms with Gasteiger partial charge in [-0.2, -0.15) is 9.61 Å². The van der Waals surface area contributed by atoms with E-state index in [0.717, 1.165) is 22.5 Å². The number of benzene rings is 1. The highest BCUT2D eigenvalue weighted by molar-refractivity contribution is 5.77. The minimum atomic E-state index is 0.588. The minimum absolute atomic E-state index is 0.588. The molecule has 4 heteroatoms. The molecule has 94 valence electrons. The van der Waals surface area contributed by atoms with Gasteiger partial charge in [0.1, 0.15) is 5.82 Å². The van der Waals surface area contributed by atoms with Crippen LogP contribution in [0.2, 0.25) is 0 Å². The minimum Gasteiger partial charge on any atom is -0.382 e. The second-order valence-corrected chi connectivity index (χ2v) is 4.35. The molecule has 0 unspecified atom stereocenters. The van der Waals surface area contributed by atoms with Crippen molar-refractivity contribution in [3.05, 3.63) is 59.4 Å². The number of aromatic nitrogens is 3. The summed E-state index contributed by atoms with van der Waals surface area (Å²) in [7, 11) is 0. The Kier molecular flexibility index (Phi) is 2.76. The molecule has 0 bridgehead atoms. The summed E-state index contributed by atoms with van der Waals surface area (Å²) in [5, 5.41) is 4.21. The second kappa shape index (κ2) is 4.57. The number of anilines is 1. The predicted molar refractivity (Wildman–Crippen MR) is 77.5 cm³/mol. The molecule has 19 heavy (non-hydrogen) atoms. The third-order valence-electron chi connectivity index (χ3n) is 3.02. The van der Waals surface area contributed by atoms with Gasteiger partial charge in [-0.1, -0.05) is 42.5 Å². The van der Waals surface area contributed by atoms with Gasteiger partial charge in [0.15, 0.2) is 5.65 Å². The van der Waals surface area contributed by atoms with Crippen molar-refractivity contribution in [1.29, 1.82) is 0 Å². The third kappa shape index (κ3) is 2.08. The number of nitrogens with zero attached hydrogens (tertiary/aromatic N) is 3. The lowest BCUT2D eigenvalue weighted by molar-refractivity contribution is 0.943. The lowest BCUT2D eigenvalue weighted by atomic mass is 10.2. The third-order valence-corrected chi connectivity index (χ3v) is 3.02. The summed E-state index contributed by atoms with van der Waals surface area (Å²) in [6, 6.07) is 12.1. The molecule has 2 aromatic heterocycles. The second-order valence-electron chi connectivity index (χ2n) is 4.35. The van der Waals surface area contributed by atoms with E-state index in [2.05, 4.69) is 28.3 Å². The summed E-state index contributed by atoms with van der Waals surface area (Å²) < 4.78 is 1.67. The highest BCUT2D eigenvalue weighted by Gasteiger charge is 2.08. The van der Waals surface area contributed by atoms with Crippen molar-refractivity contribution < 1.29 is 0 Å². The van der Waals surface area contributed by atoms with Gasteiger partial charge in [-0.15, -0.1) is 0 Å². The normalized spacial score (nSPS) is 11.4. The monoisotopic (exact) mass is 250 g/mol. The van der Waals surface area contributed by atoms with Crippen LogP contribution in [0.1, 0.15) is 16.8 Å². The van der Waals surface area contributed by atoms with Crippen molar-refractivity contribution in [1.82, 2.24) is 14.6 Å². The van der Waals surface area contributed by atoms with Crippen LogP contribution in [0.5, 0.6) is 0 Å². The van der Waals surface area contributed by atoms with Crippen molar-refractivity contribution in [2.75, 3.05) is 5.73 Å². The molecule has 0 aliphatic rings. The van der Waals surface area contributed by atoms with Gasteiger partial charge in [-0.25, -0.2) is 4.98 Å². The van der Waals surface area contributed by atoms with Crippen LogP contribution in [-0.4, -0.2) is 14.6 Å². The summed E-state index contributed by atoms with van der Waals surface area (Å²) in [5.41, 5.74) is 9.66. The van der Waals surface area contributed by atoms with Crippen molar-refractivity contribution in [3.63, 3.8) is 0 Å². The summed E-state index contributed by atoms with van der Waals surface area (Å²) >= 11 is 0. The maximum Gasteiger partial charge on any atom is 0.163 e. The number of hydrogen-bond acceptors (Lipinski definition) is 3. The summed E-state index contributed by atoms with van der Waals surface area (Å²) in [5.74, 6) is 0.588. The Balaban J connectivity index is 2.06. The fraction of sp³-hybridized carbons (Fsp3) is 0.0667. The Labute approximate surface area is 111 Å².